The van der Waals surface area contributed by atoms with Crippen molar-refractivity contribution in [1.29, 1.82) is 0 Å². The topological polar surface area (TPSA) is 101 Å². The van der Waals surface area contributed by atoms with Gasteiger partial charge in [-0.1, -0.05) is 0 Å². The molecule has 19 heavy (non-hydrogen) atoms. The average molecular weight is 264 g/mol. The molecule has 8 heteroatoms. The summed E-state index contributed by atoms with van der Waals surface area (Å²) in [6, 6.07) is 2.87. The molecule has 1 saturated heterocycles. The first kappa shape index (κ1) is 13.2. The van der Waals surface area contributed by atoms with Gasteiger partial charge in [0.25, 0.3) is 0 Å². The molecule has 0 atom stereocenters. The summed E-state index contributed by atoms with van der Waals surface area (Å²) in [5.41, 5.74) is 5.75. The number of aromatic nitrogens is 1. The minimum absolute atomic E-state index is 0.0453. The van der Waals surface area contributed by atoms with Crippen LogP contribution in [0.2, 0.25) is 0 Å². The molecule has 102 valence electrons. The van der Waals surface area contributed by atoms with Crippen molar-refractivity contribution in [3.63, 3.8) is 0 Å². The molecule has 1 aliphatic rings. The molecular formula is C11H16N6O2. The van der Waals surface area contributed by atoms with Crippen LogP contribution in [0.3, 0.4) is 0 Å². The van der Waals surface area contributed by atoms with Crippen LogP contribution in [-0.2, 0) is 0 Å². The Morgan fingerprint density at radius 1 is 1.47 bits per heavy atom. The van der Waals surface area contributed by atoms with Crippen LogP contribution in [0, 0.1) is 10.1 Å². The zero-order valence-electron chi connectivity index (χ0n) is 10.7. The number of aliphatic imine (C=N–C) groups is 1. The lowest BCUT2D eigenvalue weighted by molar-refractivity contribution is -0.384. The fourth-order valence-corrected chi connectivity index (χ4v) is 1.83. The van der Waals surface area contributed by atoms with Crippen molar-refractivity contribution < 1.29 is 4.92 Å². The maximum absolute atomic E-state index is 10.9. The Morgan fingerprint density at radius 2 is 2.16 bits per heavy atom. The summed E-state index contributed by atoms with van der Waals surface area (Å²) in [5, 5.41) is 10.9. The van der Waals surface area contributed by atoms with Crippen LogP contribution in [0.4, 0.5) is 11.5 Å². The summed E-state index contributed by atoms with van der Waals surface area (Å²) in [7, 11) is 2.04. The lowest BCUT2D eigenvalue weighted by Crippen LogP contribution is -2.49. The highest BCUT2D eigenvalue weighted by Crippen LogP contribution is 2.23. The molecule has 2 N–H and O–H groups in total. The van der Waals surface area contributed by atoms with Crippen LogP contribution in [0.1, 0.15) is 0 Å². The van der Waals surface area contributed by atoms with E-state index in [0.717, 1.165) is 26.2 Å². The van der Waals surface area contributed by atoms with Gasteiger partial charge in [-0.05, 0) is 13.1 Å². The lowest BCUT2D eigenvalue weighted by Gasteiger charge is -2.32. The smallest absolute Gasteiger partial charge is 0.313 e. The van der Waals surface area contributed by atoms with Gasteiger partial charge < -0.3 is 15.5 Å². The number of guanidine groups is 1. The van der Waals surface area contributed by atoms with Gasteiger partial charge in [0.05, 0.1) is 4.92 Å². The maximum Gasteiger partial charge on any atom is 0.313 e. The normalized spacial score (nSPS) is 17.5. The molecule has 1 aromatic heterocycles. The van der Waals surface area contributed by atoms with Crippen LogP contribution >= 0.6 is 0 Å². The van der Waals surface area contributed by atoms with E-state index in [1.165, 1.54) is 18.3 Å². The summed E-state index contributed by atoms with van der Waals surface area (Å²) in [4.78, 5) is 22.4. The Bertz CT molecular complexity index is 496. The second kappa shape index (κ2) is 5.61. The van der Waals surface area contributed by atoms with Gasteiger partial charge in [0.1, 0.15) is 0 Å². The van der Waals surface area contributed by atoms with Crippen molar-refractivity contribution in [2.75, 3.05) is 33.2 Å². The fourth-order valence-electron chi connectivity index (χ4n) is 1.83. The van der Waals surface area contributed by atoms with Crippen LogP contribution < -0.4 is 5.73 Å². The van der Waals surface area contributed by atoms with Crippen LogP contribution in [0.5, 0.6) is 0 Å². The van der Waals surface area contributed by atoms with Gasteiger partial charge in [-0.25, -0.2) is 4.98 Å². The minimum Gasteiger partial charge on any atom is -0.369 e. The third-order valence-electron chi connectivity index (χ3n) is 3.01. The largest absolute Gasteiger partial charge is 0.369 e. The molecule has 0 aromatic carbocycles. The number of likely N-dealkylation sites (N-methyl/N-ethyl adjacent to an activating group) is 1. The molecule has 0 saturated carbocycles. The van der Waals surface area contributed by atoms with Gasteiger partial charge in [-0.2, -0.15) is 4.99 Å². The van der Waals surface area contributed by atoms with Gasteiger partial charge >= 0.3 is 5.69 Å². The highest BCUT2D eigenvalue weighted by molar-refractivity contribution is 5.81. The molecule has 0 bridgehead atoms. The van der Waals surface area contributed by atoms with E-state index in [4.69, 9.17) is 5.73 Å². The Kier molecular flexibility index (Phi) is 3.91. The molecular weight excluding hydrogens is 248 g/mol. The SMILES string of the molecule is CN1CCN(/C(N)=N/c2ncccc2[N+](=O)[O-])CC1. The number of nitrogens with two attached hydrogens (primary N) is 1. The third-order valence-corrected chi connectivity index (χ3v) is 3.01. The Hall–Kier alpha value is -2.22. The number of pyridine rings is 1. The molecule has 2 rings (SSSR count). The first-order chi connectivity index (χ1) is 9.08. The first-order valence-electron chi connectivity index (χ1n) is 5.95. The van der Waals surface area contributed by atoms with Gasteiger partial charge in [0, 0.05) is 38.4 Å². The molecule has 8 nitrogen and oxygen atoms in total. The first-order valence-corrected chi connectivity index (χ1v) is 5.95. The number of piperazine rings is 1. The van der Waals surface area contributed by atoms with E-state index < -0.39 is 4.92 Å². The molecule has 1 fully saturated rings. The number of hydrogen-bond donors (Lipinski definition) is 1. The van der Waals surface area contributed by atoms with Crippen LogP contribution in [-0.4, -0.2) is 58.9 Å². The summed E-state index contributed by atoms with van der Waals surface area (Å²) >= 11 is 0. The van der Waals surface area contributed by atoms with E-state index in [1.807, 2.05) is 11.9 Å². The molecule has 0 unspecified atom stereocenters. The minimum atomic E-state index is -0.511. The van der Waals surface area contributed by atoms with Crippen molar-refractivity contribution in [2.45, 2.75) is 0 Å². The predicted octanol–water partition coefficient (Wildman–Crippen LogP) is 0.183. The molecule has 2 heterocycles. The second-order valence-electron chi connectivity index (χ2n) is 4.36. The highest BCUT2D eigenvalue weighted by atomic mass is 16.6. The Labute approximate surface area is 110 Å². The standard InChI is InChI=1S/C11H16N6O2/c1-15-5-7-16(8-6-15)11(12)14-10-9(17(18)19)3-2-4-13-10/h2-4H,5-8H2,1H3,(H2,12,13,14). The second-order valence-corrected chi connectivity index (χ2v) is 4.36. The van der Waals surface area contributed by atoms with E-state index >= 15 is 0 Å². The van der Waals surface area contributed by atoms with Crippen LogP contribution in [0.25, 0.3) is 0 Å². The van der Waals surface area contributed by atoms with Crippen molar-refractivity contribution in [3.8, 4) is 0 Å². The molecule has 0 radical (unpaired) electrons. The van der Waals surface area contributed by atoms with Gasteiger partial charge in [-0.3, -0.25) is 10.1 Å². The van der Waals surface area contributed by atoms with Gasteiger partial charge in [-0.15, -0.1) is 0 Å². The number of nitro groups is 1. The Morgan fingerprint density at radius 3 is 2.79 bits per heavy atom. The van der Waals surface area contributed by atoms with E-state index in [0.29, 0.717) is 0 Å². The highest BCUT2D eigenvalue weighted by Gasteiger charge is 2.18. The molecule has 0 spiro atoms. The summed E-state index contributed by atoms with van der Waals surface area (Å²) in [6.45, 7) is 3.29. The van der Waals surface area contributed by atoms with E-state index in [1.54, 1.807) is 0 Å². The third kappa shape index (κ3) is 3.16. The Balaban J connectivity index is 2.19. The van der Waals surface area contributed by atoms with E-state index in [2.05, 4.69) is 14.9 Å². The van der Waals surface area contributed by atoms with Crippen LogP contribution in [0.15, 0.2) is 23.3 Å². The lowest BCUT2D eigenvalue weighted by atomic mass is 10.3. The summed E-state index contributed by atoms with van der Waals surface area (Å²) < 4.78 is 0. The monoisotopic (exact) mass is 264 g/mol. The maximum atomic E-state index is 10.9. The number of rotatable bonds is 2. The van der Waals surface area contributed by atoms with E-state index in [9.17, 15) is 10.1 Å². The molecule has 0 aliphatic carbocycles. The summed E-state index contributed by atoms with van der Waals surface area (Å²) in [6.07, 6.45) is 1.46. The van der Waals surface area contributed by atoms with Crippen molar-refractivity contribution in [2.24, 2.45) is 10.7 Å². The number of hydrogen-bond acceptors (Lipinski definition) is 5. The number of nitrogens with zero attached hydrogens (tertiary/aromatic N) is 5. The zero-order chi connectivity index (χ0) is 13.8. The molecule has 0 amide bonds. The van der Waals surface area contributed by atoms with Crippen molar-refractivity contribution >= 4 is 17.5 Å². The summed E-state index contributed by atoms with van der Waals surface area (Å²) in [5.74, 6) is 0.318. The molecule has 1 aromatic rings. The van der Waals surface area contributed by atoms with E-state index in [-0.39, 0.29) is 17.5 Å². The molecule has 1 aliphatic heterocycles. The predicted molar refractivity (Wildman–Crippen MR) is 71.2 cm³/mol. The fraction of sp³-hybridized carbons (Fsp3) is 0.455. The average Bonchev–Trinajstić information content (AvgIpc) is 2.39. The van der Waals surface area contributed by atoms with Gasteiger partial charge in [0.2, 0.25) is 5.82 Å². The van der Waals surface area contributed by atoms with Crippen molar-refractivity contribution in [1.82, 2.24) is 14.8 Å². The van der Waals surface area contributed by atoms with Crippen molar-refractivity contribution in [3.05, 3.63) is 28.4 Å². The van der Waals surface area contributed by atoms with Gasteiger partial charge in [0.15, 0.2) is 5.96 Å². The quantitative estimate of drug-likeness (QED) is 0.354. The zero-order valence-corrected chi connectivity index (χ0v) is 10.7.